The SMILES string of the molecule is CC1C2OC[C@]1(CCS(=O)(=O)Oc1ccc([N+](=O)[O-])cc1)O[C@H]2n1cnc2c(NC(=O)c3ccccc3)ncnc21. The first kappa shape index (κ1) is 26.7. The number of nitrogens with one attached hydrogen (secondary N) is 1. The number of carbonyl (C=O) groups excluding carboxylic acids is 1. The van der Waals surface area contributed by atoms with Gasteiger partial charge in [-0.05, 0) is 30.7 Å². The van der Waals surface area contributed by atoms with Gasteiger partial charge in [-0.15, -0.1) is 0 Å². The first-order valence-electron chi connectivity index (χ1n) is 12.7. The Morgan fingerprint density at radius 3 is 2.66 bits per heavy atom. The number of aromatic nitrogens is 4. The van der Waals surface area contributed by atoms with Crippen molar-refractivity contribution >= 4 is 38.7 Å². The van der Waals surface area contributed by atoms with E-state index in [0.29, 0.717) is 16.7 Å². The van der Waals surface area contributed by atoms with Crippen LogP contribution in [-0.2, 0) is 19.6 Å². The molecule has 1 N–H and O–H groups in total. The number of non-ortho nitro benzene ring substituents is 1. The number of rotatable bonds is 9. The van der Waals surface area contributed by atoms with Gasteiger partial charge in [0, 0.05) is 23.6 Å². The Morgan fingerprint density at radius 2 is 1.93 bits per heavy atom. The Kier molecular flexibility index (Phi) is 6.63. The molecule has 0 saturated carbocycles. The molecule has 2 bridgehead atoms. The molecule has 15 heteroatoms. The second-order valence-corrected chi connectivity index (χ2v) is 11.5. The van der Waals surface area contributed by atoms with Crippen LogP contribution in [0.15, 0.2) is 67.3 Å². The molecule has 0 radical (unpaired) electrons. The van der Waals surface area contributed by atoms with Crippen LogP contribution in [0, 0.1) is 16.0 Å². The molecule has 0 aliphatic carbocycles. The van der Waals surface area contributed by atoms with Crippen molar-refractivity contribution in [3.63, 3.8) is 0 Å². The minimum Gasteiger partial charge on any atom is -0.382 e. The van der Waals surface area contributed by atoms with Crippen molar-refractivity contribution < 1.29 is 31.8 Å². The number of amides is 1. The first-order chi connectivity index (χ1) is 19.7. The van der Waals surface area contributed by atoms with Crippen LogP contribution < -0.4 is 9.50 Å². The number of benzene rings is 2. The fourth-order valence-electron chi connectivity index (χ4n) is 5.17. The van der Waals surface area contributed by atoms with Gasteiger partial charge in [-0.25, -0.2) is 15.0 Å². The molecular weight excluding hydrogens is 556 g/mol. The van der Waals surface area contributed by atoms with Crippen molar-refractivity contribution in [3.8, 4) is 5.75 Å². The minimum atomic E-state index is -4.04. The van der Waals surface area contributed by atoms with Crippen molar-refractivity contribution in [2.45, 2.75) is 31.3 Å². The second-order valence-electron chi connectivity index (χ2n) is 9.85. The monoisotopic (exact) mass is 580 g/mol. The zero-order valence-corrected chi connectivity index (χ0v) is 22.4. The number of hydrogen-bond acceptors (Lipinski definition) is 11. The maximum absolute atomic E-state index is 12.7. The third kappa shape index (κ3) is 4.98. The van der Waals surface area contributed by atoms with Crippen LogP contribution in [0.5, 0.6) is 5.75 Å². The average Bonchev–Trinajstić information content (AvgIpc) is 3.62. The Labute approximate surface area is 233 Å². The van der Waals surface area contributed by atoms with Gasteiger partial charge >= 0.3 is 10.1 Å². The normalized spacial score (nSPS) is 23.5. The zero-order valence-electron chi connectivity index (χ0n) is 21.6. The quantitative estimate of drug-likeness (QED) is 0.175. The highest BCUT2D eigenvalue weighted by molar-refractivity contribution is 7.87. The van der Waals surface area contributed by atoms with Gasteiger partial charge in [0.15, 0.2) is 23.2 Å². The Bertz CT molecular complexity index is 1730. The third-order valence-corrected chi connectivity index (χ3v) is 8.58. The van der Waals surface area contributed by atoms with Crippen LogP contribution >= 0.6 is 0 Å². The number of anilines is 1. The molecule has 2 saturated heterocycles. The highest BCUT2D eigenvalue weighted by Crippen LogP contribution is 2.51. The predicted octanol–water partition coefficient (Wildman–Crippen LogP) is 3.09. The maximum atomic E-state index is 12.7. The van der Waals surface area contributed by atoms with Gasteiger partial charge in [-0.3, -0.25) is 19.5 Å². The zero-order chi connectivity index (χ0) is 28.8. The van der Waals surface area contributed by atoms with E-state index in [2.05, 4.69) is 20.3 Å². The lowest BCUT2D eigenvalue weighted by molar-refractivity contribution is -0.384. The van der Waals surface area contributed by atoms with E-state index >= 15 is 0 Å². The summed E-state index contributed by atoms with van der Waals surface area (Å²) < 4.78 is 44.8. The summed E-state index contributed by atoms with van der Waals surface area (Å²) in [5.74, 6) is -0.654. The standard InChI is InChI=1S/C26H24N6O8S/c1-16-21-25(31-15-29-20-22(27-14-28-23(20)31)30-24(33)17-5-3-2-4-6-17)39-26(16,13-38-21)11-12-41(36,37)40-19-9-7-18(8-10-19)32(34)35/h2-10,14-16,21,25H,11-13H2,1H3,(H,27,28,30,33)/t16?,21?,25-,26+/m1/s1. The fourth-order valence-corrected chi connectivity index (χ4v) is 6.26. The fraction of sp³-hybridized carbons (Fsp3) is 0.308. The van der Waals surface area contributed by atoms with Crippen molar-refractivity contribution in [2.75, 3.05) is 17.7 Å². The van der Waals surface area contributed by atoms with E-state index in [1.165, 1.54) is 36.9 Å². The number of nitro groups is 1. The molecular formula is C26H24N6O8S. The molecule has 4 aromatic rings. The number of nitro benzene ring substituents is 1. The van der Waals surface area contributed by atoms with Gasteiger partial charge in [-0.2, -0.15) is 8.42 Å². The second kappa shape index (κ2) is 10.2. The Balaban J connectivity index is 1.18. The van der Waals surface area contributed by atoms with Gasteiger partial charge in [0.25, 0.3) is 11.6 Å². The van der Waals surface area contributed by atoms with Gasteiger partial charge in [0.2, 0.25) is 0 Å². The van der Waals surface area contributed by atoms with E-state index in [1.54, 1.807) is 28.8 Å². The van der Waals surface area contributed by atoms with Gasteiger partial charge in [0.05, 0.1) is 23.6 Å². The van der Waals surface area contributed by atoms with Crippen molar-refractivity contribution in [1.82, 2.24) is 19.5 Å². The largest absolute Gasteiger partial charge is 0.382 e. The van der Waals surface area contributed by atoms with Crippen LogP contribution in [0.1, 0.15) is 29.9 Å². The molecule has 2 aliphatic rings. The minimum absolute atomic E-state index is 0.0216. The highest BCUT2D eigenvalue weighted by Gasteiger charge is 2.60. The maximum Gasteiger partial charge on any atom is 0.309 e. The van der Waals surface area contributed by atoms with E-state index < -0.39 is 33.0 Å². The van der Waals surface area contributed by atoms with E-state index in [0.717, 1.165) is 0 Å². The number of ether oxygens (including phenoxy) is 2. The molecule has 2 fully saturated rings. The molecule has 1 amide bonds. The molecule has 212 valence electrons. The smallest absolute Gasteiger partial charge is 0.309 e. The Hall–Kier alpha value is -4.47. The number of imidazole rings is 1. The molecule has 2 aliphatic heterocycles. The summed E-state index contributed by atoms with van der Waals surface area (Å²) in [6.45, 7) is 2.13. The van der Waals surface area contributed by atoms with Gasteiger partial charge < -0.3 is 19.0 Å². The van der Waals surface area contributed by atoms with Gasteiger partial charge in [-0.1, -0.05) is 25.1 Å². The van der Waals surface area contributed by atoms with Crippen LogP contribution in [0.2, 0.25) is 0 Å². The topological polar surface area (TPSA) is 178 Å². The lowest BCUT2D eigenvalue weighted by Gasteiger charge is -2.31. The van der Waals surface area contributed by atoms with Gasteiger partial charge in [0.1, 0.15) is 23.8 Å². The first-order valence-corrected chi connectivity index (χ1v) is 14.2. The van der Waals surface area contributed by atoms with Crippen LogP contribution in [0.3, 0.4) is 0 Å². The summed E-state index contributed by atoms with van der Waals surface area (Å²) >= 11 is 0. The van der Waals surface area contributed by atoms with E-state index in [4.69, 9.17) is 13.7 Å². The van der Waals surface area contributed by atoms with Crippen LogP contribution in [0.25, 0.3) is 11.2 Å². The highest BCUT2D eigenvalue weighted by atomic mass is 32.2. The lowest BCUT2D eigenvalue weighted by Crippen LogP contribution is -2.39. The molecule has 2 aromatic heterocycles. The van der Waals surface area contributed by atoms with E-state index in [-0.39, 0.29) is 47.9 Å². The summed E-state index contributed by atoms with van der Waals surface area (Å²) in [5.41, 5.74) is 0.164. The van der Waals surface area contributed by atoms with Crippen LogP contribution in [0.4, 0.5) is 11.5 Å². The van der Waals surface area contributed by atoms with E-state index in [1.807, 2.05) is 13.0 Å². The van der Waals surface area contributed by atoms with Crippen molar-refractivity contribution in [3.05, 3.63) is 82.9 Å². The molecule has 41 heavy (non-hydrogen) atoms. The predicted molar refractivity (Wildman–Crippen MR) is 144 cm³/mol. The summed E-state index contributed by atoms with van der Waals surface area (Å²) in [4.78, 5) is 35.9. The Morgan fingerprint density at radius 1 is 1.17 bits per heavy atom. The molecule has 0 spiro atoms. The van der Waals surface area contributed by atoms with Crippen molar-refractivity contribution in [1.29, 1.82) is 0 Å². The number of carbonyl (C=O) groups is 1. The summed E-state index contributed by atoms with van der Waals surface area (Å²) in [5, 5.41) is 13.6. The summed E-state index contributed by atoms with van der Waals surface area (Å²) in [6.07, 6.45) is 1.89. The lowest BCUT2D eigenvalue weighted by atomic mass is 9.88. The molecule has 4 atom stereocenters. The molecule has 2 aromatic carbocycles. The number of fused-ring (bicyclic) bond motifs is 3. The third-order valence-electron chi connectivity index (χ3n) is 7.43. The van der Waals surface area contributed by atoms with Crippen LogP contribution in [-0.4, -0.2) is 62.8 Å². The van der Waals surface area contributed by atoms with Crippen molar-refractivity contribution in [2.24, 2.45) is 5.92 Å². The summed E-state index contributed by atoms with van der Waals surface area (Å²) in [7, 11) is -4.04. The number of hydrogen-bond donors (Lipinski definition) is 1. The summed E-state index contributed by atoms with van der Waals surface area (Å²) in [6, 6.07) is 13.5. The average molecular weight is 581 g/mol. The van der Waals surface area contributed by atoms with E-state index in [9.17, 15) is 23.3 Å². The molecule has 2 unspecified atom stereocenters. The molecule has 14 nitrogen and oxygen atoms in total. The molecule has 4 heterocycles. The number of nitrogens with zero attached hydrogens (tertiary/aromatic N) is 5. The molecule has 6 rings (SSSR count).